The smallest absolute Gasteiger partial charge is 0.194 e. The highest BCUT2D eigenvalue weighted by Gasteiger charge is 2.28. The van der Waals surface area contributed by atoms with Gasteiger partial charge in [0.25, 0.3) is 0 Å². The minimum atomic E-state index is -3.31. The van der Waals surface area contributed by atoms with E-state index in [1.165, 1.54) is 30.3 Å². The lowest BCUT2D eigenvalue weighted by molar-refractivity contribution is 0.104. The molecule has 1 N–H and O–H groups in total. The van der Waals surface area contributed by atoms with Crippen molar-refractivity contribution in [1.82, 2.24) is 0 Å². The van der Waals surface area contributed by atoms with Crippen LogP contribution in [0.5, 0.6) is 5.75 Å². The second-order valence-electron chi connectivity index (χ2n) is 4.54. The maximum Gasteiger partial charge on any atom is 0.194 e. The van der Waals surface area contributed by atoms with E-state index in [4.69, 9.17) is 0 Å². The molecule has 0 unspecified atom stereocenters. The average molecular weight is 274 g/mol. The number of aromatic hydroxyl groups is 1. The largest absolute Gasteiger partial charge is 0.508 e. The van der Waals surface area contributed by atoms with E-state index in [-0.39, 0.29) is 16.4 Å². The summed E-state index contributed by atoms with van der Waals surface area (Å²) in [5.74, 6) is -0.177. The van der Waals surface area contributed by atoms with Crippen LogP contribution in [-0.4, -0.2) is 25.6 Å². The van der Waals surface area contributed by atoms with Crippen LogP contribution in [0.1, 0.15) is 15.9 Å². The molecule has 1 aliphatic carbocycles. The Hall–Kier alpha value is -2.14. The number of rotatable bonds is 1. The molecule has 0 bridgehead atoms. The van der Waals surface area contributed by atoms with E-state index >= 15 is 0 Å². The lowest BCUT2D eigenvalue weighted by Gasteiger charge is -2.03. The molecular formula is C14H10O4S. The van der Waals surface area contributed by atoms with Crippen molar-refractivity contribution in [3.8, 4) is 16.9 Å². The van der Waals surface area contributed by atoms with Gasteiger partial charge in [0.2, 0.25) is 0 Å². The molecule has 1 aliphatic rings. The molecule has 0 saturated heterocycles. The van der Waals surface area contributed by atoms with Crippen LogP contribution in [-0.2, 0) is 9.84 Å². The maximum absolute atomic E-state index is 12.1. The molecule has 2 aromatic carbocycles. The van der Waals surface area contributed by atoms with E-state index in [0.717, 1.165) is 6.26 Å². The Morgan fingerprint density at radius 2 is 1.58 bits per heavy atom. The number of ketones is 1. The van der Waals surface area contributed by atoms with Gasteiger partial charge in [0.15, 0.2) is 15.6 Å². The molecule has 2 aromatic rings. The molecule has 0 spiro atoms. The Bertz CT molecular complexity index is 819. The van der Waals surface area contributed by atoms with Crippen molar-refractivity contribution in [3.05, 3.63) is 47.5 Å². The minimum absolute atomic E-state index is 0.0169. The summed E-state index contributed by atoms with van der Waals surface area (Å²) in [6.45, 7) is 0. The first kappa shape index (κ1) is 11.9. The van der Waals surface area contributed by atoms with Gasteiger partial charge in [-0.3, -0.25) is 4.79 Å². The van der Waals surface area contributed by atoms with Crippen LogP contribution in [0.3, 0.4) is 0 Å². The monoisotopic (exact) mass is 274 g/mol. The summed E-state index contributed by atoms with van der Waals surface area (Å²) in [4.78, 5) is 12.3. The van der Waals surface area contributed by atoms with Gasteiger partial charge in [0.05, 0.1) is 4.90 Å². The number of hydrogen-bond acceptors (Lipinski definition) is 4. The van der Waals surface area contributed by atoms with Crippen LogP contribution < -0.4 is 0 Å². The third-order valence-corrected chi connectivity index (χ3v) is 4.31. The highest BCUT2D eigenvalue weighted by atomic mass is 32.2. The topological polar surface area (TPSA) is 71.4 Å². The Balaban J connectivity index is 2.31. The number of fused-ring (bicyclic) bond motifs is 3. The summed E-state index contributed by atoms with van der Waals surface area (Å²) in [6, 6.07) is 8.96. The van der Waals surface area contributed by atoms with Crippen molar-refractivity contribution in [2.75, 3.05) is 6.26 Å². The zero-order chi connectivity index (χ0) is 13.8. The third-order valence-electron chi connectivity index (χ3n) is 3.20. The van der Waals surface area contributed by atoms with Crippen LogP contribution in [0.15, 0.2) is 41.3 Å². The summed E-state index contributed by atoms with van der Waals surface area (Å²) in [6.07, 6.45) is 1.13. The zero-order valence-corrected chi connectivity index (χ0v) is 10.9. The van der Waals surface area contributed by atoms with Crippen LogP contribution in [0.25, 0.3) is 11.1 Å². The van der Waals surface area contributed by atoms with Crippen molar-refractivity contribution < 1.29 is 18.3 Å². The predicted molar refractivity (Wildman–Crippen MR) is 70.1 cm³/mol. The molecule has 0 heterocycles. The molecule has 5 heteroatoms. The van der Waals surface area contributed by atoms with E-state index in [1.54, 1.807) is 6.07 Å². The fourth-order valence-electron chi connectivity index (χ4n) is 2.27. The van der Waals surface area contributed by atoms with Crippen LogP contribution in [0, 0.1) is 0 Å². The number of sulfone groups is 1. The van der Waals surface area contributed by atoms with Gasteiger partial charge in [0.1, 0.15) is 5.75 Å². The summed E-state index contributed by atoms with van der Waals surface area (Å²) in [5, 5.41) is 9.43. The molecule has 0 fully saturated rings. The van der Waals surface area contributed by atoms with Crippen molar-refractivity contribution in [3.63, 3.8) is 0 Å². The van der Waals surface area contributed by atoms with Gasteiger partial charge in [-0.15, -0.1) is 0 Å². The fourth-order valence-corrected chi connectivity index (χ4v) is 2.92. The number of phenolic OH excluding ortho intramolecular Hbond substituents is 1. The summed E-state index contributed by atoms with van der Waals surface area (Å²) in [5.41, 5.74) is 2.12. The summed E-state index contributed by atoms with van der Waals surface area (Å²) >= 11 is 0. The van der Waals surface area contributed by atoms with Gasteiger partial charge < -0.3 is 5.11 Å². The minimum Gasteiger partial charge on any atom is -0.508 e. The van der Waals surface area contributed by atoms with E-state index in [1.807, 2.05) is 0 Å². The molecular weight excluding hydrogens is 264 g/mol. The lowest BCUT2D eigenvalue weighted by Crippen LogP contribution is -1.99. The molecule has 0 aromatic heterocycles. The first-order chi connectivity index (χ1) is 8.88. The zero-order valence-electron chi connectivity index (χ0n) is 10.0. The molecule has 0 amide bonds. The number of carbonyl (C=O) groups excluding carboxylic acids is 1. The Morgan fingerprint density at radius 3 is 2.26 bits per heavy atom. The Labute approximate surface area is 110 Å². The van der Waals surface area contributed by atoms with Crippen molar-refractivity contribution in [1.29, 1.82) is 0 Å². The van der Waals surface area contributed by atoms with E-state index in [0.29, 0.717) is 22.3 Å². The third kappa shape index (κ3) is 1.74. The van der Waals surface area contributed by atoms with Crippen molar-refractivity contribution in [2.24, 2.45) is 0 Å². The first-order valence-corrected chi connectivity index (χ1v) is 7.49. The molecule has 96 valence electrons. The van der Waals surface area contributed by atoms with Gasteiger partial charge in [0, 0.05) is 17.4 Å². The van der Waals surface area contributed by atoms with E-state index < -0.39 is 9.84 Å². The van der Waals surface area contributed by atoms with Gasteiger partial charge in [-0.05, 0) is 47.5 Å². The predicted octanol–water partition coefficient (Wildman–Crippen LogP) is 2.01. The average Bonchev–Trinajstić information content (AvgIpc) is 2.61. The number of carbonyl (C=O) groups is 1. The molecule has 0 aliphatic heterocycles. The normalized spacial score (nSPS) is 13.2. The molecule has 3 rings (SSSR count). The van der Waals surface area contributed by atoms with Gasteiger partial charge in [-0.2, -0.15) is 0 Å². The standard InChI is InChI=1S/C14H10O4S/c1-19(17,18)9-3-5-11-12(7-9)10-4-2-8(15)6-13(10)14(11)16/h2-7,15H,1H3. The summed E-state index contributed by atoms with van der Waals surface area (Å²) < 4.78 is 23.1. The van der Waals surface area contributed by atoms with Crippen molar-refractivity contribution in [2.45, 2.75) is 4.90 Å². The molecule has 4 nitrogen and oxygen atoms in total. The van der Waals surface area contributed by atoms with Gasteiger partial charge >= 0.3 is 0 Å². The molecule has 0 saturated carbocycles. The fraction of sp³-hybridized carbons (Fsp3) is 0.0714. The second kappa shape index (κ2) is 3.68. The van der Waals surface area contributed by atoms with Gasteiger partial charge in [-0.1, -0.05) is 0 Å². The second-order valence-corrected chi connectivity index (χ2v) is 6.55. The highest BCUT2D eigenvalue weighted by Crippen LogP contribution is 2.39. The Morgan fingerprint density at radius 1 is 0.895 bits per heavy atom. The number of benzene rings is 2. The Kier molecular flexibility index (Phi) is 2.31. The molecule has 19 heavy (non-hydrogen) atoms. The highest BCUT2D eigenvalue weighted by molar-refractivity contribution is 7.90. The molecule has 0 atom stereocenters. The number of hydrogen-bond donors (Lipinski definition) is 1. The SMILES string of the molecule is CS(=O)(=O)c1ccc2c(c1)-c1ccc(O)cc1C2=O. The van der Waals surface area contributed by atoms with E-state index in [2.05, 4.69) is 0 Å². The van der Waals surface area contributed by atoms with E-state index in [9.17, 15) is 18.3 Å². The maximum atomic E-state index is 12.1. The summed E-state index contributed by atoms with van der Waals surface area (Å²) in [7, 11) is -3.31. The number of phenols is 1. The van der Waals surface area contributed by atoms with Crippen LogP contribution >= 0.6 is 0 Å². The van der Waals surface area contributed by atoms with Crippen molar-refractivity contribution >= 4 is 15.6 Å². The van der Waals surface area contributed by atoms with Crippen LogP contribution in [0.4, 0.5) is 0 Å². The first-order valence-electron chi connectivity index (χ1n) is 5.60. The van der Waals surface area contributed by atoms with Crippen LogP contribution in [0.2, 0.25) is 0 Å². The quantitative estimate of drug-likeness (QED) is 0.736. The molecule has 0 radical (unpaired) electrons. The lowest BCUT2D eigenvalue weighted by atomic mass is 10.1. The van der Waals surface area contributed by atoms with Gasteiger partial charge in [-0.25, -0.2) is 8.42 Å².